The molecule has 9 aliphatic rings. The van der Waals surface area contributed by atoms with Crippen LogP contribution in [0, 0.1) is 50.2 Å². The normalized spacial score (nSPS) is 54.8. The van der Waals surface area contributed by atoms with Crippen LogP contribution >= 0.6 is 0 Å². The first-order chi connectivity index (χ1) is 35.1. The third-order valence-electron chi connectivity index (χ3n) is 21.1. The number of aliphatic hydroxyl groups excluding tert-OH is 13. The maximum Gasteiger partial charge on any atom is 0.315 e. The van der Waals surface area contributed by atoms with Gasteiger partial charge in [-0.2, -0.15) is 0 Å². The summed E-state index contributed by atoms with van der Waals surface area (Å²) in [5.41, 5.74) is -1.46. The summed E-state index contributed by atoms with van der Waals surface area (Å²) >= 11 is 0. The zero-order valence-corrected chi connectivity index (χ0v) is 44.2. The van der Waals surface area contributed by atoms with Crippen molar-refractivity contribution in [3.63, 3.8) is 0 Å². The molecule has 0 unspecified atom stereocenters. The molecule has 28 atom stereocenters. The minimum absolute atomic E-state index is 0.0319. The van der Waals surface area contributed by atoms with Crippen molar-refractivity contribution in [1.82, 2.24) is 0 Å². The average Bonchev–Trinajstić information content (AvgIpc) is 3.37. The van der Waals surface area contributed by atoms with Crippen LogP contribution in [0.15, 0.2) is 11.6 Å². The summed E-state index contributed by atoms with van der Waals surface area (Å²) in [6, 6.07) is 0. The van der Waals surface area contributed by atoms with Crippen LogP contribution in [0.2, 0.25) is 0 Å². The lowest BCUT2D eigenvalue weighted by molar-refractivity contribution is -0.361. The molecule has 8 fully saturated rings. The molecule has 0 bridgehead atoms. The van der Waals surface area contributed by atoms with Gasteiger partial charge in [0.15, 0.2) is 18.9 Å². The number of allylic oxidation sites excluding steroid dienone is 2. The number of carbonyl (C=O) groups is 1. The van der Waals surface area contributed by atoms with Gasteiger partial charge in [0, 0.05) is 5.41 Å². The van der Waals surface area contributed by atoms with Crippen LogP contribution in [-0.2, 0) is 42.7 Å². The van der Waals surface area contributed by atoms with E-state index in [0.29, 0.717) is 38.5 Å². The Morgan fingerprint density at radius 2 is 1.28 bits per heavy atom. The summed E-state index contributed by atoms with van der Waals surface area (Å²) in [6.07, 6.45) is -21.1. The predicted molar refractivity (Wildman–Crippen MR) is 257 cm³/mol. The smallest absolute Gasteiger partial charge is 0.315 e. The number of ether oxygens (including phenoxy) is 8. The molecule has 13 N–H and O–H groups in total. The maximum absolute atomic E-state index is 15.1. The average molecular weight is 1080 g/mol. The summed E-state index contributed by atoms with van der Waals surface area (Å²) in [5, 5.41) is 139. The van der Waals surface area contributed by atoms with Gasteiger partial charge in [-0.1, -0.05) is 53.2 Å². The highest BCUT2D eigenvalue weighted by molar-refractivity contribution is 5.79. The quantitative estimate of drug-likeness (QED) is 0.0643. The highest BCUT2D eigenvalue weighted by atomic mass is 16.8. The lowest BCUT2D eigenvalue weighted by Crippen LogP contribution is -2.67. The molecule has 75 heavy (non-hydrogen) atoms. The van der Waals surface area contributed by atoms with E-state index in [0.717, 1.165) is 25.7 Å². The van der Waals surface area contributed by atoms with E-state index < -0.39 is 153 Å². The van der Waals surface area contributed by atoms with Crippen molar-refractivity contribution >= 4 is 5.97 Å². The Morgan fingerprint density at radius 1 is 0.640 bits per heavy atom. The molecule has 430 valence electrons. The lowest BCUT2D eigenvalue weighted by atomic mass is 9.33. The van der Waals surface area contributed by atoms with Crippen molar-refractivity contribution in [2.24, 2.45) is 50.2 Å². The van der Waals surface area contributed by atoms with Gasteiger partial charge in [0.1, 0.15) is 85.5 Å². The molecule has 5 aliphatic carbocycles. The Bertz CT molecular complexity index is 2060. The van der Waals surface area contributed by atoms with Crippen molar-refractivity contribution in [2.75, 3.05) is 26.4 Å². The van der Waals surface area contributed by atoms with E-state index in [2.05, 4.69) is 40.7 Å². The number of carbonyl (C=O) groups excluding carboxylic acids is 1. The molecule has 0 aromatic carbocycles. The molecule has 22 heteroatoms. The zero-order valence-electron chi connectivity index (χ0n) is 44.2. The first-order valence-electron chi connectivity index (χ1n) is 27.3. The Kier molecular flexibility index (Phi) is 16.3. The Morgan fingerprint density at radius 3 is 1.97 bits per heavy atom. The van der Waals surface area contributed by atoms with E-state index in [4.69, 9.17) is 37.9 Å². The van der Waals surface area contributed by atoms with Gasteiger partial charge in [0.05, 0.1) is 44.1 Å². The number of hydrogen-bond acceptors (Lipinski definition) is 22. The third kappa shape index (κ3) is 9.50. The fourth-order valence-electron chi connectivity index (χ4n) is 16.1. The summed E-state index contributed by atoms with van der Waals surface area (Å²) in [5.74, 6) is -0.615. The first-order valence-corrected chi connectivity index (χ1v) is 27.3. The summed E-state index contributed by atoms with van der Waals surface area (Å²) in [7, 11) is 0. The van der Waals surface area contributed by atoms with Crippen LogP contribution in [0.1, 0.15) is 113 Å². The van der Waals surface area contributed by atoms with Crippen LogP contribution in [0.3, 0.4) is 0 Å². The van der Waals surface area contributed by atoms with Crippen LogP contribution in [0.5, 0.6) is 0 Å². The molecule has 0 aromatic heterocycles. The molecule has 4 saturated heterocycles. The van der Waals surface area contributed by atoms with Gasteiger partial charge in [0.25, 0.3) is 0 Å². The highest BCUT2D eigenvalue weighted by Gasteiger charge is 2.70. The number of fused-ring (bicyclic) bond motifs is 7. The summed E-state index contributed by atoms with van der Waals surface area (Å²) in [6.45, 7) is 13.2. The van der Waals surface area contributed by atoms with Gasteiger partial charge in [0.2, 0.25) is 6.29 Å². The number of esters is 1. The Labute approximate surface area is 437 Å². The van der Waals surface area contributed by atoms with E-state index in [1.807, 2.05) is 6.92 Å². The molecule has 4 aliphatic heterocycles. The molecular weight excluding hydrogens is 989 g/mol. The highest BCUT2D eigenvalue weighted by Crippen LogP contribution is 2.76. The SMILES string of the molecule is C[C@@H]1O[C@@H](O[C@H]2[C@H](O)[C@@H](O)[C@H](OC[C@H]3O[C@@H](OC(=O)[C@]45CCC(C)(C)C[C@@H]4C4=CC[C@@H]6[C@@]7(C)CC[C@H](O[C@@H]8OC[C@H](O)[C@H](O)[C@H]8O)[C@@](C)(CO)[C@H]7CC[C@@]6(C)[C@]4(C)CC5)[C@H](O)[C@@H](O)[C@@H]3O)O[C@@H]2CO)[C@H](O)[C@H](O)[C@H]1O. The van der Waals surface area contributed by atoms with Crippen molar-refractivity contribution in [3.05, 3.63) is 11.6 Å². The summed E-state index contributed by atoms with van der Waals surface area (Å²) < 4.78 is 47.0. The zero-order chi connectivity index (χ0) is 54.7. The Balaban J connectivity index is 0.898. The van der Waals surface area contributed by atoms with Gasteiger partial charge >= 0.3 is 5.97 Å². The van der Waals surface area contributed by atoms with Gasteiger partial charge in [-0.3, -0.25) is 4.79 Å². The van der Waals surface area contributed by atoms with E-state index in [1.54, 1.807) is 0 Å². The van der Waals surface area contributed by atoms with Gasteiger partial charge in [-0.05, 0) is 111 Å². The lowest BCUT2D eigenvalue weighted by Gasteiger charge is -2.71. The molecule has 22 nitrogen and oxygen atoms in total. The number of aliphatic hydroxyl groups is 13. The molecular formula is C53H86O22. The van der Waals surface area contributed by atoms with Gasteiger partial charge < -0.3 is 104 Å². The fraction of sp³-hybridized carbons (Fsp3) is 0.943. The van der Waals surface area contributed by atoms with E-state index in [-0.39, 0.29) is 52.6 Å². The van der Waals surface area contributed by atoms with E-state index in [9.17, 15) is 66.4 Å². The largest absolute Gasteiger partial charge is 0.432 e. The molecule has 4 saturated carbocycles. The van der Waals surface area contributed by atoms with Gasteiger partial charge in [-0.15, -0.1) is 0 Å². The molecule has 0 aromatic rings. The standard InChI is InChI=1S/C53H86O22/c1-23-32(57)35(60)39(64)45(70-23)74-42-27(19-54)71-43(41(66)37(42)62)69-21-28-34(59)36(61)40(65)46(72-28)75-47(67)53-16-14-48(2,3)18-25(53)24-8-9-30-49(4)12-11-31(73-44-38(63)33(58)26(56)20-68-44)50(5,22-55)29(49)10-13-52(30,7)51(24,6)15-17-53/h8,23,25-46,54-66H,9-22H2,1-7H3/t23-,25+,26-,27+,28+,29-,30+,31-,32-,33-,34+,35+,36-,37+,38+,39+,40+,41+,42+,43+,44-,45-,46-,49-,50-,51+,52+,53-/m0/s1. The molecule has 0 amide bonds. The molecule has 9 rings (SSSR count). The monoisotopic (exact) mass is 1070 g/mol. The van der Waals surface area contributed by atoms with Crippen LogP contribution < -0.4 is 0 Å². The Hall–Kier alpha value is -1.59. The van der Waals surface area contributed by atoms with Crippen molar-refractivity contribution in [2.45, 2.75) is 235 Å². The molecule has 0 spiro atoms. The second-order valence-corrected chi connectivity index (χ2v) is 25.7. The molecule has 4 heterocycles. The van der Waals surface area contributed by atoms with E-state index >= 15 is 4.79 Å². The number of hydrogen-bond donors (Lipinski definition) is 13. The van der Waals surface area contributed by atoms with Crippen molar-refractivity contribution < 1.29 is 109 Å². The predicted octanol–water partition coefficient (Wildman–Crippen LogP) is -1.40. The van der Waals surface area contributed by atoms with Crippen molar-refractivity contribution in [3.8, 4) is 0 Å². The fourth-order valence-corrected chi connectivity index (χ4v) is 16.1. The molecule has 0 radical (unpaired) electrons. The minimum Gasteiger partial charge on any atom is -0.432 e. The number of rotatable bonds is 11. The third-order valence-corrected chi connectivity index (χ3v) is 21.1. The first kappa shape index (κ1) is 58.1. The minimum atomic E-state index is -1.87. The van der Waals surface area contributed by atoms with Crippen LogP contribution in [-0.4, -0.2) is 222 Å². The van der Waals surface area contributed by atoms with E-state index in [1.165, 1.54) is 12.5 Å². The topological polar surface area (TPSA) is 354 Å². The maximum atomic E-state index is 15.1. The van der Waals surface area contributed by atoms with Crippen LogP contribution in [0.4, 0.5) is 0 Å². The second-order valence-electron chi connectivity index (χ2n) is 25.7. The van der Waals surface area contributed by atoms with Gasteiger partial charge in [-0.25, -0.2) is 0 Å². The second kappa shape index (κ2) is 21.1. The van der Waals surface area contributed by atoms with Crippen molar-refractivity contribution in [1.29, 1.82) is 0 Å². The van der Waals surface area contributed by atoms with Crippen LogP contribution in [0.25, 0.3) is 0 Å². The summed E-state index contributed by atoms with van der Waals surface area (Å²) in [4.78, 5) is 15.1.